The van der Waals surface area contributed by atoms with E-state index in [-0.39, 0.29) is 0 Å². The highest BCUT2D eigenvalue weighted by molar-refractivity contribution is 4.78. The molecule has 0 radical (unpaired) electrons. The maximum absolute atomic E-state index is 5.45. The highest BCUT2D eigenvalue weighted by Crippen LogP contribution is 2.20. The first-order valence-electron chi connectivity index (χ1n) is 7.13. The summed E-state index contributed by atoms with van der Waals surface area (Å²) >= 11 is 0. The van der Waals surface area contributed by atoms with Gasteiger partial charge < -0.3 is 15.0 Å². The quantitative estimate of drug-likeness (QED) is 0.741. The van der Waals surface area contributed by atoms with Crippen LogP contribution in [0.5, 0.6) is 0 Å². The average Bonchev–Trinajstić information content (AvgIpc) is 2.37. The van der Waals surface area contributed by atoms with Crippen molar-refractivity contribution in [3.8, 4) is 0 Å². The zero-order valence-corrected chi connectivity index (χ0v) is 12.0. The Balaban J connectivity index is 2.13. The van der Waals surface area contributed by atoms with Gasteiger partial charge in [-0.1, -0.05) is 6.92 Å². The Hall–Kier alpha value is -0.120. The lowest BCUT2D eigenvalue weighted by Gasteiger charge is -2.30. The van der Waals surface area contributed by atoms with Crippen LogP contribution in [0.3, 0.4) is 0 Å². The SMILES string of the molecule is CCC(C)N(C)CCNC1CCCC(OC)C1. The van der Waals surface area contributed by atoms with E-state index in [9.17, 15) is 0 Å². The first kappa shape index (κ1) is 14.9. The molecule has 0 amide bonds. The van der Waals surface area contributed by atoms with E-state index in [0.717, 1.165) is 13.1 Å². The van der Waals surface area contributed by atoms with Crippen LogP contribution in [0.1, 0.15) is 46.0 Å². The molecule has 0 aromatic heterocycles. The smallest absolute Gasteiger partial charge is 0.0586 e. The molecule has 0 aromatic rings. The number of nitrogens with zero attached hydrogens (tertiary/aromatic N) is 1. The Kier molecular flexibility index (Phi) is 7.09. The fraction of sp³-hybridized carbons (Fsp3) is 1.00. The molecule has 1 aliphatic rings. The summed E-state index contributed by atoms with van der Waals surface area (Å²) in [4.78, 5) is 2.43. The third-order valence-electron chi connectivity index (χ3n) is 4.20. The van der Waals surface area contributed by atoms with Gasteiger partial charge in [0.1, 0.15) is 0 Å². The van der Waals surface area contributed by atoms with Gasteiger partial charge in [-0.3, -0.25) is 0 Å². The largest absolute Gasteiger partial charge is 0.381 e. The standard InChI is InChI=1S/C14H30N2O/c1-5-12(2)16(3)10-9-15-13-7-6-8-14(11-13)17-4/h12-15H,5-11H2,1-4H3. The van der Waals surface area contributed by atoms with Gasteiger partial charge in [-0.15, -0.1) is 0 Å². The number of nitrogens with one attached hydrogen (secondary N) is 1. The van der Waals surface area contributed by atoms with E-state index in [2.05, 4.69) is 31.1 Å². The van der Waals surface area contributed by atoms with E-state index < -0.39 is 0 Å². The number of rotatable bonds is 7. The molecule has 1 rings (SSSR count). The van der Waals surface area contributed by atoms with Crippen LogP contribution in [-0.2, 0) is 4.74 Å². The van der Waals surface area contributed by atoms with Gasteiger partial charge in [0.05, 0.1) is 6.10 Å². The molecule has 0 saturated heterocycles. The van der Waals surface area contributed by atoms with Crippen LogP contribution in [0.2, 0.25) is 0 Å². The molecule has 0 spiro atoms. The number of ether oxygens (including phenoxy) is 1. The zero-order valence-electron chi connectivity index (χ0n) is 12.0. The molecule has 3 heteroatoms. The summed E-state index contributed by atoms with van der Waals surface area (Å²) in [5.74, 6) is 0. The van der Waals surface area contributed by atoms with Crippen molar-refractivity contribution in [1.29, 1.82) is 0 Å². The topological polar surface area (TPSA) is 24.5 Å². The van der Waals surface area contributed by atoms with Crippen LogP contribution in [-0.4, -0.2) is 50.3 Å². The van der Waals surface area contributed by atoms with Crippen LogP contribution in [0.4, 0.5) is 0 Å². The van der Waals surface area contributed by atoms with E-state index in [0.29, 0.717) is 18.2 Å². The molecular formula is C14H30N2O. The second kappa shape index (κ2) is 8.06. The number of hydrogen-bond acceptors (Lipinski definition) is 3. The van der Waals surface area contributed by atoms with Crippen molar-refractivity contribution in [2.75, 3.05) is 27.2 Å². The summed E-state index contributed by atoms with van der Waals surface area (Å²) in [7, 11) is 4.05. The Bertz CT molecular complexity index is 199. The first-order chi connectivity index (χ1) is 8.17. The van der Waals surface area contributed by atoms with Crippen molar-refractivity contribution < 1.29 is 4.74 Å². The zero-order chi connectivity index (χ0) is 12.7. The van der Waals surface area contributed by atoms with Gasteiger partial charge in [0.2, 0.25) is 0 Å². The lowest BCUT2D eigenvalue weighted by Crippen LogP contribution is -2.41. The van der Waals surface area contributed by atoms with Gasteiger partial charge >= 0.3 is 0 Å². The highest BCUT2D eigenvalue weighted by Gasteiger charge is 2.21. The summed E-state index contributed by atoms with van der Waals surface area (Å²) < 4.78 is 5.45. The molecule has 1 fully saturated rings. The molecule has 1 saturated carbocycles. The summed E-state index contributed by atoms with van der Waals surface area (Å²) in [5, 5.41) is 3.67. The van der Waals surface area contributed by atoms with E-state index in [4.69, 9.17) is 4.74 Å². The summed E-state index contributed by atoms with van der Waals surface area (Å²) in [6.45, 7) is 6.78. The fourth-order valence-electron chi connectivity index (χ4n) is 2.52. The van der Waals surface area contributed by atoms with Crippen LogP contribution >= 0.6 is 0 Å². The maximum atomic E-state index is 5.45. The maximum Gasteiger partial charge on any atom is 0.0586 e. The molecule has 0 aromatic carbocycles. The minimum Gasteiger partial charge on any atom is -0.381 e. The van der Waals surface area contributed by atoms with Crippen molar-refractivity contribution in [2.24, 2.45) is 0 Å². The molecule has 0 bridgehead atoms. The molecule has 1 aliphatic carbocycles. The van der Waals surface area contributed by atoms with E-state index in [1.807, 2.05) is 7.11 Å². The molecule has 3 nitrogen and oxygen atoms in total. The molecule has 3 atom stereocenters. The highest BCUT2D eigenvalue weighted by atomic mass is 16.5. The Morgan fingerprint density at radius 2 is 2.18 bits per heavy atom. The van der Waals surface area contributed by atoms with Gasteiger partial charge in [-0.05, 0) is 46.1 Å². The molecule has 0 aliphatic heterocycles. The van der Waals surface area contributed by atoms with Gasteiger partial charge in [-0.2, -0.15) is 0 Å². The van der Waals surface area contributed by atoms with Gasteiger partial charge in [0.15, 0.2) is 0 Å². The normalized spacial score (nSPS) is 27.4. The molecule has 0 heterocycles. The predicted molar refractivity (Wildman–Crippen MR) is 73.4 cm³/mol. The molecular weight excluding hydrogens is 212 g/mol. The van der Waals surface area contributed by atoms with E-state index >= 15 is 0 Å². The number of hydrogen-bond donors (Lipinski definition) is 1. The van der Waals surface area contributed by atoms with E-state index in [1.165, 1.54) is 32.1 Å². The minimum atomic E-state index is 0.480. The summed E-state index contributed by atoms with van der Waals surface area (Å²) in [6.07, 6.45) is 6.74. The van der Waals surface area contributed by atoms with Crippen LogP contribution in [0.15, 0.2) is 0 Å². The van der Waals surface area contributed by atoms with E-state index in [1.54, 1.807) is 0 Å². The first-order valence-corrected chi connectivity index (χ1v) is 7.13. The lowest BCUT2D eigenvalue weighted by molar-refractivity contribution is 0.0584. The summed E-state index contributed by atoms with van der Waals surface area (Å²) in [5.41, 5.74) is 0. The van der Waals surface area contributed by atoms with Crippen molar-refractivity contribution in [1.82, 2.24) is 10.2 Å². The molecule has 17 heavy (non-hydrogen) atoms. The Labute approximate surface area is 107 Å². The Morgan fingerprint density at radius 3 is 2.82 bits per heavy atom. The average molecular weight is 242 g/mol. The van der Waals surface area contributed by atoms with Crippen molar-refractivity contribution in [2.45, 2.75) is 64.1 Å². The van der Waals surface area contributed by atoms with Gasteiger partial charge in [-0.25, -0.2) is 0 Å². The molecule has 3 unspecified atom stereocenters. The Morgan fingerprint density at radius 1 is 1.41 bits per heavy atom. The monoisotopic (exact) mass is 242 g/mol. The minimum absolute atomic E-state index is 0.480. The molecule has 1 N–H and O–H groups in total. The second-order valence-electron chi connectivity index (χ2n) is 5.41. The van der Waals surface area contributed by atoms with Gasteiger partial charge in [0, 0.05) is 32.3 Å². The number of methoxy groups -OCH3 is 1. The molecule has 102 valence electrons. The van der Waals surface area contributed by atoms with Crippen molar-refractivity contribution >= 4 is 0 Å². The number of likely N-dealkylation sites (N-methyl/N-ethyl adjacent to an activating group) is 1. The predicted octanol–water partition coefficient (Wildman–Crippen LogP) is 2.26. The third kappa shape index (κ3) is 5.36. The van der Waals surface area contributed by atoms with Crippen LogP contribution in [0, 0.1) is 0 Å². The van der Waals surface area contributed by atoms with Crippen molar-refractivity contribution in [3.05, 3.63) is 0 Å². The van der Waals surface area contributed by atoms with Crippen molar-refractivity contribution in [3.63, 3.8) is 0 Å². The van der Waals surface area contributed by atoms with Crippen LogP contribution in [0.25, 0.3) is 0 Å². The summed E-state index contributed by atoms with van der Waals surface area (Å²) in [6, 6.07) is 1.36. The fourth-order valence-corrected chi connectivity index (χ4v) is 2.52. The third-order valence-corrected chi connectivity index (χ3v) is 4.20. The second-order valence-corrected chi connectivity index (χ2v) is 5.41. The van der Waals surface area contributed by atoms with Gasteiger partial charge in [0.25, 0.3) is 0 Å². The lowest BCUT2D eigenvalue weighted by atomic mass is 9.93. The van der Waals surface area contributed by atoms with Crippen LogP contribution < -0.4 is 5.32 Å².